The molecule has 0 aromatic rings. The van der Waals surface area contributed by atoms with Crippen LogP contribution >= 0.6 is 0 Å². The number of hydrogen-bond donors (Lipinski definition) is 1. The first-order valence-corrected chi connectivity index (χ1v) is 3.17. The second-order valence-corrected chi connectivity index (χ2v) is 2.07. The van der Waals surface area contributed by atoms with E-state index in [0.717, 1.165) is 0 Å². The van der Waals surface area contributed by atoms with E-state index in [0.29, 0.717) is 13.1 Å². The van der Waals surface area contributed by atoms with Gasteiger partial charge in [-0.2, -0.15) is 0 Å². The van der Waals surface area contributed by atoms with E-state index >= 15 is 0 Å². The molecule has 2 N–H and O–H groups in total. The number of carbonyl (C=O) groups is 1. The fraction of sp³-hybridized carbons (Fsp3) is 0.571. The number of carbonyl (C=O) groups excluding carboxylic acids is 1. The molecule has 0 saturated heterocycles. The molecule has 1 unspecified atom stereocenters. The molecule has 0 fully saturated rings. The van der Waals surface area contributed by atoms with Crippen molar-refractivity contribution in [2.75, 3.05) is 13.1 Å². The van der Waals surface area contributed by atoms with Crippen LogP contribution in [-0.4, -0.2) is 29.9 Å². The maximum absolute atomic E-state index is 10.8. The molecular formula is C7H14N2OY-2. The normalized spacial score (nSPS) is 12.8. The van der Waals surface area contributed by atoms with Crippen LogP contribution in [0.25, 0.3) is 0 Å². The largest absolute Gasteiger partial charge is 0.399 e. The summed E-state index contributed by atoms with van der Waals surface area (Å²) >= 11 is 0. The van der Waals surface area contributed by atoms with Crippen LogP contribution in [0.1, 0.15) is 6.92 Å². The van der Waals surface area contributed by atoms with E-state index in [9.17, 15) is 4.79 Å². The molecule has 11 heavy (non-hydrogen) atoms. The van der Waals surface area contributed by atoms with Gasteiger partial charge >= 0.3 is 0 Å². The summed E-state index contributed by atoms with van der Waals surface area (Å²) in [7, 11) is 0. The zero-order valence-electron chi connectivity index (χ0n) is 7.84. The van der Waals surface area contributed by atoms with Gasteiger partial charge in [0.2, 0.25) is 5.91 Å². The first-order chi connectivity index (χ1) is 5.13. The number of nitrogens with two attached hydrogens (primary N) is 1. The molecule has 0 heterocycles. The Labute approximate surface area is 95.0 Å². The summed E-state index contributed by atoms with van der Waals surface area (Å²) in [5.41, 5.74) is 2.20. The van der Waals surface area contributed by atoms with Crippen LogP contribution in [0.15, 0.2) is 0 Å². The van der Waals surface area contributed by atoms with Gasteiger partial charge in [-0.1, -0.05) is 6.04 Å². The average molecular weight is 231 g/mol. The van der Waals surface area contributed by atoms with Crippen molar-refractivity contribution in [1.29, 1.82) is 0 Å². The zero-order valence-corrected chi connectivity index (χ0v) is 9.68. The SMILES string of the molecule is [1H]NCC([CH2-])N(C[CH2-])C(C)=O.[Y]. The molecule has 1 atom stereocenters. The molecule has 0 spiro atoms. The molecule has 63 valence electrons. The number of amides is 1. The molecule has 0 saturated carbocycles. The molecule has 0 aromatic carbocycles. The molecule has 4 heteroatoms. The van der Waals surface area contributed by atoms with Gasteiger partial charge in [-0.25, -0.2) is 0 Å². The van der Waals surface area contributed by atoms with Gasteiger partial charge in [0, 0.05) is 39.6 Å². The molecule has 0 rings (SSSR count). The van der Waals surface area contributed by atoms with Crippen molar-refractivity contribution in [3.05, 3.63) is 13.8 Å². The Balaban J connectivity index is 0. The van der Waals surface area contributed by atoms with Crippen LogP contribution in [-0.2, 0) is 37.5 Å². The second kappa shape index (κ2) is 7.20. The monoisotopic (exact) mass is 231 g/mol. The van der Waals surface area contributed by atoms with Gasteiger partial charge < -0.3 is 24.5 Å². The summed E-state index contributed by atoms with van der Waals surface area (Å²) in [5, 5.41) is 0. The topological polar surface area (TPSA) is 46.3 Å². The molecule has 1 radical (unpaired) electrons. The Bertz CT molecular complexity index is 135. The zero-order chi connectivity index (χ0) is 8.85. The van der Waals surface area contributed by atoms with E-state index in [1.807, 2.05) is 0 Å². The van der Waals surface area contributed by atoms with Crippen LogP contribution in [0.4, 0.5) is 0 Å². The maximum Gasteiger partial charge on any atom is 0.214 e. The van der Waals surface area contributed by atoms with Gasteiger partial charge in [0.25, 0.3) is 0 Å². The summed E-state index contributed by atoms with van der Waals surface area (Å²) in [5.74, 6) is -0.0600. The van der Waals surface area contributed by atoms with Crippen molar-refractivity contribution in [3.8, 4) is 0 Å². The minimum Gasteiger partial charge on any atom is -0.399 e. The molecule has 0 aliphatic carbocycles. The Morgan fingerprint density at radius 3 is 2.73 bits per heavy atom. The van der Waals surface area contributed by atoms with Gasteiger partial charge in [0.15, 0.2) is 0 Å². The van der Waals surface area contributed by atoms with E-state index < -0.39 is 0 Å². The molecule has 0 aromatic heterocycles. The molecule has 3 nitrogen and oxygen atoms in total. The van der Waals surface area contributed by atoms with Crippen LogP contribution in [0.2, 0.25) is 1.41 Å². The molecular weight excluding hydrogens is 217 g/mol. The summed E-state index contributed by atoms with van der Waals surface area (Å²) in [4.78, 5) is 12.3. The van der Waals surface area contributed by atoms with Crippen LogP contribution in [0.5, 0.6) is 0 Å². The van der Waals surface area contributed by atoms with Crippen molar-refractivity contribution < 1.29 is 38.9 Å². The van der Waals surface area contributed by atoms with Crippen molar-refractivity contribution in [2.45, 2.75) is 13.0 Å². The minimum atomic E-state index is -0.206. The molecule has 0 bridgehead atoms. The van der Waals surface area contributed by atoms with Crippen molar-refractivity contribution >= 4 is 5.91 Å². The number of hydrogen-bond acceptors (Lipinski definition) is 2. The van der Waals surface area contributed by atoms with Gasteiger partial charge in [-0.05, 0) is 6.54 Å². The second-order valence-electron chi connectivity index (χ2n) is 2.07. The van der Waals surface area contributed by atoms with E-state index in [-0.39, 0.29) is 44.7 Å². The van der Waals surface area contributed by atoms with Gasteiger partial charge in [0.05, 0.1) is 0 Å². The first kappa shape index (κ1) is 11.5. The summed E-state index contributed by atoms with van der Waals surface area (Å²) < 4.78 is 6.69. The third kappa shape index (κ3) is 4.88. The number of rotatable bonds is 4. The van der Waals surface area contributed by atoms with E-state index in [1.165, 1.54) is 11.8 Å². The van der Waals surface area contributed by atoms with Crippen molar-refractivity contribution in [1.82, 2.24) is 4.90 Å². The summed E-state index contributed by atoms with van der Waals surface area (Å²) in [6.07, 6.45) is 0. The predicted octanol–water partition coefficient (Wildman–Crippen LogP) is -0.172. The van der Waals surface area contributed by atoms with E-state index in [1.54, 1.807) is 0 Å². The van der Waals surface area contributed by atoms with E-state index in [4.69, 9.17) is 1.41 Å². The molecule has 1 amide bonds. The predicted molar refractivity (Wildman–Crippen MR) is 40.9 cm³/mol. The minimum absolute atomic E-state index is 0. The van der Waals surface area contributed by atoms with Crippen LogP contribution < -0.4 is 5.73 Å². The van der Waals surface area contributed by atoms with Crippen molar-refractivity contribution in [2.24, 2.45) is 5.73 Å². The van der Waals surface area contributed by atoms with E-state index in [2.05, 4.69) is 19.6 Å². The Morgan fingerprint density at radius 2 is 2.45 bits per heavy atom. The fourth-order valence-corrected chi connectivity index (χ4v) is 0.707. The summed E-state index contributed by atoms with van der Waals surface area (Å²) in [6.45, 7) is 9.52. The third-order valence-corrected chi connectivity index (χ3v) is 1.32. The maximum atomic E-state index is 10.8. The fourth-order valence-electron chi connectivity index (χ4n) is 0.707. The average Bonchev–Trinajstić information content (AvgIpc) is 1.88. The third-order valence-electron chi connectivity index (χ3n) is 1.32. The smallest absolute Gasteiger partial charge is 0.214 e. The van der Waals surface area contributed by atoms with Crippen molar-refractivity contribution in [3.63, 3.8) is 0 Å². The van der Waals surface area contributed by atoms with Gasteiger partial charge in [-0.3, -0.25) is 4.79 Å². The summed E-state index contributed by atoms with van der Waals surface area (Å²) in [6, 6.07) is -0.206. The Hall–Kier alpha value is 0.534. The standard InChI is InChI=1S/C7H14N2O.Y/c1-4-9(7(3)10)6(2)5-8;/h6H,1-2,4-5,8H2,3H3;/q-2;/i/hH. The van der Waals surface area contributed by atoms with Gasteiger partial charge in [-0.15, -0.1) is 6.54 Å². The van der Waals surface area contributed by atoms with Crippen LogP contribution in [0.3, 0.4) is 0 Å². The van der Waals surface area contributed by atoms with Crippen LogP contribution in [0, 0.1) is 13.8 Å². The van der Waals surface area contributed by atoms with Gasteiger partial charge in [0.1, 0.15) is 1.41 Å². The Morgan fingerprint density at radius 1 is 1.91 bits per heavy atom. The number of nitrogens with zero attached hydrogens (tertiary/aromatic N) is 1. The first-order valence-electron chi connectivity index (χ1n) is 3.67. The molecule has 0 aliphatic rings. The Kier molecular flexibility index (Phi) is 7.55. The quantitative estimate of drug-likeness (QED) is 0.682. The molecule has 0 aliphatic heterocycles.